The smallest absolute Gasteiger partial charge is 0.257 e. The lowest BCUT2D eigenvalue weighted by molar-refractivity contribution is -0.669. The van der Waals surface area contributed by atoms with E-state index in [0.29, 0.717) is 6.54 Å². The fourth-order valence-electron chi connectivity index (χ4n) is 2.68. The van der Waals surface area contributed by atoms with E-state index in [9.17, 15) is 4.79 Å². The lowest BCUT2D eigenvalue weighted by Crippen LogP contribution is -2.39. The minimum absolute atomic E-state index is 0.00530. The summed E-state index contributed by atoms with van der Waals surface area (Å²) in [4.78, 5) is 14.5. The molecule has 1 amide bonds. The first kappa shape index (κ1) is 14.3. The van der Waals surface area contributed by atoms with Crippen LogP contribution in [-0.2, 0) is 17.8 Å². The number of H-pyrrole nitrogens is 1. The zero-order chi connectivity index (χ0) is 15.4. The Labute approximate surface area is 129 Å². The standard InChI is InChI=1S/C18H19N3O/c1-14(22)19-12-11-18-20-16-9-5-6-10-17(16)21(18)13-15-7-3-2-4-8-15/h2-10H,11-13H2,1H3,(H,19,22)/p+1. The van der Waals surface area contributed by atoms with Gasteiger partial charge in [0.05, 0.1) is 6.42 Å². The second-order valence-corrected chi connectivity index (χ2v) is 5.39. The van der Waals surface area contributed by atoms with E-state index in [-0.39, 0.29) is 5.91 Å². The van der Waals surface area contributed by atoms with Crippen LogP contribution < -0.4 is 9.88 Å². The summed E-state index contributed by atoms with van der Waals surface area (Å²) in [6, 6.07) is 18.7. The number of nitrogens with zero attached hydrogens (tertiary/aromatic N) is 1. The quantitative estimate of drug-likeness (QED) is 0.696. The first-order valence-corrected chi connectivity index (χ1v) is 7.52. The van der Waals surface area contributed by atoms with Crippen LogP contribution in [0.2, 0.25) is 0 Å². The SMILES string of the molecule is CC(=O)NCCc1[nH]c2ccccc2[n+]1Cc1ccccc1. The normalized spacial score (nSPS) is 10.8. The molecule has 0 aliphatic carbocycles. The number of imidazole rings is 1. The van der Waals surface area contributed by atoms with Gasteiger partial charge in [-0.2, -0.15) is 0 Å². The van der Waals surface area contributed by atoms with Crippen LogP contribution in [0.3, 0.4) is 0 Å². The van der Waals surface area contributed by atoms with Crippen LogP contribution in [0.1, 0.15) is 18.3 Å². The molecule has 0 aliphatic heterocycles. The van der Waals surface area contributed by atoms with Gasteiger partial charge in [-0.3, -0.25) is 4.79 Å². The Morgan fingerprint density at radius 1 is 1.09 bits per heavy atom. The number of fused-ring (bicyclic) bond motifs is 1. The Morgan fingerprint density at radius 3 is 2.59 bits per heavy atom. The van der Waals surface area contributed by atoms with Gasteiger partial charge in [-0.1, -0.05) is 42.5 Å². The van der Waals surface area contributed by atoms with E-state index >= 15 is 0 Å². The molecule has 0 spiro atoms. The Kier molecular flexibility index (Phi) is 4.19. The zero-order valence-corrected chi connectivity index (χ0v) is 12.7. The number of amides is 1. The van der Waals surface area contributed by atoms with Gasteiger partial charge in [-0.25, -0.2) is 9.55 Å². The Bertz CT molecular complexity index is 777. The topological polar surface area (TPSA) is 48.8 Å². The monoisotopic (exact) mass is 294 g/mol. The first-order chi connectivity index (χ1) is 10.7. The van der Waals surface area contributed by atoms with Gasteiger partial charge in [0.15, 0.2) is 11.0 Å². The average molecular weight is 294 g/mol. The van der Waals surface area contributed by atoms with Gasteiger partial charge < -0.3 is 5.32 Å². The van der Waals surface area contributed by atoms with Gasteiger partial charge in [-0.15, -0.1) is 0 Å². The van der Waals surface area contributed by atoms with E-state index in [4.69, 9.17) is 0 Å². The van der Waals surface area contributed by atoms with Gasteiger partial charge in [-0.05, 0) is 17.7 Å². The molecule has 4 heteroatoms. The number of aromatic amines is 1. The second kappa shape index (κ2) is 6.43. The molecule has 0 atom stereocenters. The number of carbonyl (C=O) groups is 1. The summed E-state index contributed by atoms with van der Waals surface area (Å²) in [7, 11) is 0. The number of benzene rings is 2. The predicted octanol–water partition coefficient (Wildman–Crippen LogP) is 2.18. The fraction of sp³-hybridized carbons (Fsp3) is 0.222. The molecular formula is C18H20N3O+. The van der Waals surface area contributed by atoms with Crippen molar-refractivity contribution in [2.75, 3.05) is 6.54 Å². The molecule has 0 fully saturated rings. The molecule has 2 aromatic carbocycles. The molecule has 0 saturated carbocycles. The molecule has 22 heavy (non-hydrogen) atoms. The van der Waals surface area contributed by atoms with Crippen molar-refractivity contribution in [1.29, 1.82) is 0 Å². The molecular weight excluding hydrogens is 274 g/mol. The largest absolute Gasteiger partial charge is 0.356 e. The number of nitrogens with one attached hydrogen (secondary N) is 2. The highest BCUT2D eigenvalue weighted by atomic mass is 16.1. The van der Waals surface area contributed by atoms with Crippen LogP contribution in [0.25, 0.3) is 11.0 Å². The van der Waals surface area contributed by atoms with Crippen molar-refractivity contribution < 1.29 is 9.36 Å². The average Bonchev–Trinajstić information content (AvgIpc) is 2.86. The van der Waals surface area contributed by atoms with Gasteiger partial charge in [0, 0.05) is 13.5 Å². The Balaban J connectivity index is 1.92. The fourth-order valence-corrected chi connectivity index (χ4v) is 2.68. The number of carbonyl (C=O) groups excluding carboxylic acids is 1. The van der Waals surface area contributed by atoms with E-state index in [1.54, 1.807) is 6.92 Å². The molecule has 0 bridgehead atoms. The predicted molar refractivity (Wildman–Crippen MR) is 86.4 cm³/mol. The van der Waals surface area contributed by atoms with Gasteiger partial charge in [0.1, 0.15) is 6.54 Å². The summed E-state index contributed by atoms with van der Waals surface area (Å²) >= 11 is 0. The molecule has 3 rings (SSSR count). The molecule has 1 heterocycles. The highest BCUT2D eigenvalue weighted by molar-refractivity contribution is 5.73. The second-order valence-electron chi connectivity index (χ2n) is 5.39. The van der Waals surface area contributed by atoms with Crippen LogP contribution in [0.4, 0.5) is 0 Å². The van der Waals surface area contributed by atoms with Crippen molar-refractivity contribution >= 4 is 16.9 Å². The number of rotatable bonds is 5. The Hall–Kier alpha value is -2.62. The minimum atomic E-state index is 0.00530. The molecule has 0 aliphatic rings. The van der Waals surface area contributed by atoms with Crippen LogP contribution in [0, 0.1) is 0 Å². The summed E-state index contributed by atoms with van der Waals surface area (Å²) in [5.74, 6) is 1.13. The third-order valence-corrected chi connectivity index (χ3v) is 3.72. The van der Waals surface area contributed by atoms with Gasteiger partial charge in [0.25, 0.3) is 5.82 Å². The van der Waals surface area contributed by atoms with E-state index in [1.807, 2.05) is 12.1 Å². The van der Waals surface area contributed by atoms with Crippen molar-refractivity contribution in [3.05, 3.63) is 66.0 Å². The van der Waals surface area contributed by atoms with E-state index in [1.165, 1.54) is 11.1 Å². The molecule has 0 unspecified atom stereocenters. The molecule has 3 aromatic rings. The molecule has 0 saturated heterocycles. The summed E-state index contributed by atoms with van der Waals surface area (Å²) in [5, 5.41) is 2.86. The van der Waals surface area contributed by atoms with Gasteiger partial charge >= 0.3 is 0 Å². The first-order valence-electron chi connectivity index (χ1n) is 7.52. The van der Waals surface area contributed by atoms with Gasteiger partial charge in [0.2, 0.25) is 5.91 Å². The molecule has 1 aromatic heterocycles. The van der Waals surface area contributed by atoms with Crippen LogP contribution in [0.5, 0.6) is 0 Å². The lowest BCUT2D eigenvalue weighted by atomic mass is 10.2. The summed E-state index contributed by atoms with van der Waals surface area (Å²) in [6.07, 6.45) is 0.779. The Morgan fingerprint density at radius 2 is 1.82 bits per heavy atom. The van der Waals surface area contributed by atoms with Crippen molar-refractivity contribution in [3.8, 4) is 0 Å². The highest BCUT2D eigenvalue weighted by Gasteiger charge is 2.18. The highest BCUT2D eigenvalue weighted by Crippen LogP contribution is 2.11. The van der Waals surface area contributed by atoms with Crippen LogP contribution in [0.15, 0.2) is 54.6 Å². The summed E-state index contributed by atoms with van der Waals surface area (Å²) in [6.45, 7) is 3.00. The third kappa shape index (κ3) is 3.17. The number of para-hydroxylation sites is 2. The maximum Gasteiger partial charge on any atom is 0.257 e. The van der Waals surface area contributed by atoms with Crippen molar-refractivity contribution in [1.82, 2.24) is 10.3 Å². The lowest BCUT2D eigenvalue weighted by Gasteiger charge is -2.03. The molecule has 0 radical (unpaired) electrons. The van der Waals surface area contributed by atoms with Crippen molar-refractivity contribution in [2.45, 2.75) is 19.9 Å². The maximum atomic E-state index is 11.1. The van der Waals surface area contributed by atoms with E-state index < -0.39 is 0 Å². The van der Waals surface area contributed by atoms with Crippen LogP contribution >= 0.6 is 0 Å². The molecule has 2 N–H and O–H groups in total. The van der Waals surface area contributed by atoms with Crippen molar-refractivity contribution in [3.63, 3.8) is 0 Å². The van der Waals surface area contributed by atoms with Crippen LogP contribution in [-0.4, -0.2) is 17.4 Å². The van der Waals surface area contributed by atoms with Crippen molar-refractivity contribution in [2.24, 2.45) is 0 Å². The summed E-state index contributed by atoms with van der Waals surface area (Å²) < 4.78 is 2.28. The third-order valence-electron chi connectivity index (χ3n) is 3.72. The number of hydrogen-bond donors (Lipinski definition) is 2. The zero-order valence-electron chi connectivity index (χ0n) is 12.7. The van der Waals surface area contributed by atoms with E-state index in [2.05, 4.69) is 57.3 Å². The molecule has 112 valence electrons. The molecule has 4 nitrogen and oxygen atoms in total. The maximum absolute atomic E-state index is 11.1. The minimum Gasteiger partial charge on any atom is -0.356 e. The van der Waals surface area contributed by atoms with E-state index in [0.717, 1.165) is 24.3 Å². The number of aromatic nitrogens is 2. The summed E-state index contributed by atoms with van der Waals surface area (Å²) in [5.41, 5.74) is 3.57. The number of hydrogen-bond acceptors (Lipinski definition) is 1.